The highest BCUT2D eigenvalue weighted by Gasteiger charge is 2.12. The number of aliphatic hydroxyl groups excluding tert-OH is 1. The Kier molecular flexibility index (Phi) is 4.24. The molecule has 82 valence electrons. The van der Waals surface area contributed by atoms with Gasteiger partial charge in [-0.1, -0.05) is 6.07 Å². The Morgan fingerprint density at radius 1 is 1.60 bits per heavy atom. The molecule has 0 aromatic carbocycles. The first-order valence-electron chi connectivity index (χ1n) is 4.96. The number of aliphatic hydroxyl groups is 1. The number of pyridine rings is 1. The molecule has 0 bridgehead atoms. The summed E-state index contributed by atoms with van der Waals surface area (Å²) in [6, 6.07) is 5.23. The maximum Gasteiger partial charge on any atom is 0.272 e. The van der Waals surface area contributed by atoms with Crippen LogP contribution in [-0.2, 0) is 0 Å². The van der Waals surface area contributed by atoms with Gasteiger partial charge in [0.05, 0.1) is 6.10 Å². The Labute approximate surface area is 89.6 Å². The number of nitrogens with zero attached hydrogens (tertiary/aromatic N) is 2. The standard InChI is InChI=1S/C11H16N2O2/c1-9(14)6-8-13(2)11(15)10-5-3-4-7-12-10/h3-5,7,9,14H,6,8H2,1-2H3. The van der Waals surface area contributed by atoms with Crippen LogP contribution in [0.4, 0.5) is 0 Å². The van der Waals surface area contributed by atoms with Gasteiger partial charge in [0.2, 0.25) is 0 Å². The summed E-state index contributed by atoms with van der Waals surface area (Å²) in [6.45, 7) is 2.24. The predicted octanol–water partition coefficient (Wildman–Crippen LogP) is 0.925. The lowest BCUT2D eigenvalue weighted by Crippen LogP contribution is -2.29. The second kappa shape index (κ2) is 5.46. The maximum absolute atomic E-state index is 11.7. The average Bonchev–Trinajstić information content (AvgIpc) is 2.26. The summed E-state index contributed by atoms with van der Waals surface area (Å²) in [5.74, 6) is -0.115. The molecule has 1 aromatic rings. The van der Waals surface area contributed by atoms with Crippen LogP contribution in [0, 0.1) is 0 Å². The summed E-state index contributed by atoms with van der Waals surface area (Å²) in [5, 5.41) is 9.10. The van der Waals surface area contributed by atoms with E-state index in [1.807, 2.05) is 0 Å². The zero-order chi connectivity index (χ0) is 11.3. The van der Waals surface area contributed by atoms with E-state index in [4.69, 9.17) is 5.11 Å². The highest BCUT2D eigenvalue weighted by atomic mass is 16.3. The number of carbonyl (C=O) groups excluding carboxylic acids is 1. The van der Waals surface area contributed by atoms with E-state index in [2.05, 4.69) is 4.98 Å². The minimum absolute atomic E-state index is 0.115. The molecule has 1 heterocycles. The van der Waals surface area contributed by atoms with Gasteiger partial charge in [0, 0.05) is 19.8 Å². The number of aromatic nitrogens is 1. The van der Waals surface area contributed by atoms with Crippen LogP contribution in [0.3, 0.4) is 0 Å². The fraction of sp³-hybridized carbons (Fsp3) is 0.455. The van der Waals surface area contributed by atoms with Gasteiger partial charge in [-0.25, -0.2) is 0 Å². The summed E-state index contributed by atoms with van der Waals surface area (Å²) in [6.07, 6.45) is 1.79. The van der Waals surface area contributed by atoms with Gasteiger partial charge in [-0.15, -0.1) is 0 Å². The molecular weight excluding hydrogens is 192 g/mol. The second-order valence-electron chi connectivity index (χ2n) is 3.58. The molecule has 4 heteroatoms. The SMILES string of the molecule is CC(O)CCN(C)C(=O)c1ccccn1. The van der Waals surface area contributed by atoms with Gasteiger partial charge >= 0.3 is 0 Å². The summed E-state index contributed by atoms with van der Waals surface area (Å²) in [7, 11) is 1.71. The zero-order valence-corrected chi connectivity index (χ0v) is 9.05. The van der Waals surface area contributed by atoms with E-state index in [9.17, 15) is 4.79 Å². The van der Waals surface area contributed by atoms with E-state index in [0.29, 0.717) is 18.7 Å². The lowest BCUT2D eigenvalue weighted by atomic mass is 10.2. The fourth-order valence-electron chi connectivity index (χ4n) is 1.17. The molecule has 0 aliphatic carbocycles. The number of amides is 1. The molecule has 1 N–H and O–H groups in total. The lowest BCUT2D eigenvalue weighted by molar-refractivity contribution is 0.0763. The van der Waals surface area contributed by atoms with Crippen molar-refractivity contribution in [1.82, 2.24) is 9.88 Å². The van der Waals surface area contributed by atoms with Gasteiger partial charge in [-0.2, -0.15) is 0 Å². The molecule has 0 saturated heterocycles. The summed E-state index contributed by atoms with van der Waals surface area (Å²) < 4.78 is 0. The van der Waals surface area contributed by atoms with Crippen molar-refractivity contribution in [2.24, 2.45) is 0 Å². The van der Waals surface area contributed by atoms with Crippen molar-refractivity contribution in [3.05, 3.63) is 30.1 Å². The second-order valence-corrected chi connectivity index (χ2v) is 3.58. The van der Waals surface area contributed by atoms with Crippen LogP contribution in [0.15, 0.2) is 24.4 Å². The number of carbonyl (C=O) groups is 1. The van der Waals surface area contributed by atoms with E-state index in [-0.39, 0.29) is 12.0 Å². The molecule has 0 fully saturated rings. The third kappa shape index (κ3) is 3.67. The molecule has 1 unspecified atom stereocenters. The van der Waals surface area contributed by atoms with Crippen LogP contribution >= 0.6 is 0 Å². The molecule has 0 aliphatic rings. The van der Waals surface area contributed by atoms with E-state index in [0.717, 1.165) is 0 Å². The minimum atomic E-state index is -0.385. The van der Waals surface area contributed by atoms with Crippen LogP contribution in [0.2, 0.25) is 0 Å². The van der Waals surface area contributed by atoms with Crippen LogP contribution in [0.25, 0.3) is 0 Å². The Balaban J connectivity index is 2.54. The fourth-order valence-corrected chi connectivity index (χ4v) is 1.17. The van der Waals surface area contributed by atoms with Crippen LogP contribution in [0.5, 0.6) is 0 Å². The molecule has 0 saturated carbocycles. The van der Waals surface area contributed by atoms with E-state index < -0.39 is 0 Å². The molecule has 1 amide bonds. The number of hydrogen-bond acceptors (Lipinski definition) is 3. The molecule has 1 aromatic heterocycles. The normalized spacial score (nSPS) is 12.2. The molecular formula is C11H16N2O2. The van der Waals surface area contributed by atoms with Crippen molar-refractivity contribution in [2.45, 2.75) is 19.4 Å². The minimum Gasteiger partial charge on any atom is -0.393 e. The van der Waals surface area contributed by atoms with Crippen molar-refractivity contribution in [2.75, 3.05) is 13.6 Å². The van der Waals surface area contributed by atoms with Crippen molar-refractivity contribution in [3.8, 4) is 0 Å². The highest BCUT2D eigenvalue weighted by molar-refractivity contribution is 5.91. The molecule has 4 nitrogen and oxygen atoms in total. The van der Waals surface area contributed by atoms with Gasteiger partial charge in [-0.05, 0) is 25.5 Å². The first kappa shape index (κ1) is 11.7. The Bertz CT molecular complexity index is 312. The van der Waals surface area contributed by atoms with Crippen molar-refractivity contribution >= 4 is 5.91 Å². The van der Waals surface area contributed by atoms with Gasteiger partial charge in [-0.3, -0.25) is 9.78 Å². The Morgan fingerprint density at radius 2 is 2.33 bits per heavy atom. The highest BCUT2D eigenvalue weighted by Crippen LogP contribution is 2.01. The first-order chi connectivity index (χ1) is 7.11. The largest absolute Gasteiger partial charge is 0.393 e. The average molecular weight is 208 g/mol. The smallest absolute Gasteiger partial charge is 0.272 e. The monoisotopic (exact) mass is 208 g/mol. The maximum atomic E-state index is 11.7. The first-order valence-corrected chi connectivity index (χ1v) is 4.96. The number of rotatable bonds is 4. The van der Waals surface area contributed by atoms with Crippen molar-refractivity contribution in [3.63, 3.8) is 0 Å². The van der Waals surface area contributed by atoms with Crippen molar-refractivity contribution < 1.29 is 9.90 Å². The topological polar surface area (TPSA) is 53.4 Å². The van der Waals surface area contributed by atoms with Crippen LogP contribution < -0.4 is 0 Å². The predicted molar refractivity (Wildman–Crippen MR) is 57.5 cm³/mol. The van der Waals surface area contributed by atoms with Crippen LogP contribution in [0.1, 0.15) is 23.8 Å². The summed E-state index contributed by atoms with van der Waals surface area (Å²) >= 11 is 0. The van der Waals surface area contributed by atoms with Gasteiger partial charge < -0.3 is 10.0 Å². The molecule has 0 aliphatic heterocycles. The van der Waals surface area contributed by atoms with Crippen LogP contribution in [-0.4, -0.2) is 40.6 Å². The molecule has 0 spiro atoms. The lowest BCUT2D eigenvalue weighted by Gasteiger charge is -2.17. The van der Waals surface area contributed by atoms with Crippen molar-refractivity contribution in [1.29, 1.82) is 0 Å². The van der Waals surface area contributed by atoms with E-state index >= 15 is 0 Å². The van der Waals surface area contributed by atoms with Gasteiger partial charge in [0.15, 0.2) is 0 Å². The van der Waals surface area contributed by atoms with Gasteiger partial charge in [0.1, 0.15) is 5.69 Å². The third-order valence-corrected chi connectivity index (χ3v) is 2.11. The number of hydrogen-bond donors (Lipinski definition) is 1. The molecule has 1 rings (SSSR count). The Hall–Kier alpha value is -1.42. The molecule has 1 atom stereocenters. The third-order valence-electron chi connectivity index (χ3n) is 2.11. The zero-order valence-electron chi connectivity index (χ0n) is 9.05. The van der Waals surface area contributed by atoms with Gasteiger partial charge in [0.25, 0.3) is 5.91 Å². The van der Waals surface area contributed by atoms with E-state index in [1.165, 1.54) is 0 Å². The summed E-state index contributed by atoms with van der Waals surface area (Å²) in [4.78, 5) is 17.3. The van der Waals surface area contributed by atoms with E-state index in [1.54, 1.807) is 43.3 Å². The molecule has 0 radical (unpaired) electrons. The Morgan fingerprint density at radius 3 is 2.87 bits per heavy atom. The quantitative estimate of drug-likeness (QED) is 0.800. The molecule has 15 heavy (non-hydrogen) atoms. The summed E-state index contributed by atoms with van der Waals surface area (Å²) in [5.41, 5.74) is 0.436.